The number of esters is 1. The third kappa shape index (κ3) is 4.89. The summed E-state index contributed by atoms with van der Waals surface area (Å²) < 4.78 is 18.2. The van der Waals surface area contributed by atoms with Crippen LogP contribution in [0.25, 0.3) is 10.4 Å². The number of benzene rings is 1. The van der Waals surface area contributed by atoms with Crippen LogP contribution in [0.5, 0.6) is 0 Å². The number of thiophene rings is 1. The molecule has 0 aliphatic carbocycles. The zero-order valence-electron chi connectivity index (χ0n) is 14.1. The summed E-state index contributed by atoms with van der Waals surface area (Å²) in [7, 11) is 0. The fourth-order valence-electron chi connectivity index (χ4n) is 1.96. The standard InChI is InChI=1S/C18H20FNO3S/c1-11(16(21)20-18(2,3)4)23-17(22)15-10-9-14(24-15)12-5-7-13(19)8-6-12/h5-11H,1-4H3,(H,20,21)/t11-/m0/s1. The maximum absolute atomic E-state index is 13.0. The number of carbonyl (C=O) groups excluding carboxylic acids is 2. The number of hydrogen-bond donors (Lipinski definition) is 1. The topological polar surface area (TPSA) is 55.4 Å². The predicted octanol–water partition coefficient (Wildman–Crippen LogP) is 4.01. The van der Waals surface area contributed by atoms with Gasteiger partial charge >= 0.3 is 5.97 Å². The summed E-state index contributed by atoms with van der Waals surface area (Å²) in [6.45, 7) is 7.10. The highest BCUT2D eigenvalue weighted by molar-refractivity contribution is 7.17. The van der Waals surface area contributed by atoms with Gasteiger partial charge in [0.2, 0.25) is 0 Å². The van der Waals surface area contributed by atoms with Crippen LogP contribution in [0.15, 0.2) is 36.4 Å². The normalized spacial score (nSPS) is 12.5. The van der Waals surface area contributed by atoms with Crippen molar-refractivity contribution in [1.29, 1.82) is 0 Å². The van der Waals surface area contributed by atoms with E-state index in [-0.39, 0.29) is 11.7 Å². The first-order valence-corrected chi connectivity index (χ1v) is 8.36. The highest BCUT2D eigenvalue weighted by Gasteiger charge is 2.23. The molecular weight excluding hydrogens is 329 g/mol. The molecule has 0 bridgehead atoms. The average Bonchev–Trinajstić information content (AvgIpc) is 2.96. The number of nitrogens with one attached hydrogen (secondary N) is 1. The van der Waals surface area contributed by atoms with Gasteiger partial charge in [-0.05, 0) is 57.5 Å². The van der Waals surface area contributed by atoms with Gasteiger partial charge in [-0.25, -0.2) is 9.18 Å². The Morgan fingerprint density at radius 3 is 2.33 bits per heavy atom. The Bertz CT molecular complexity index is 731. The van der Waals surface area contributed by atoms with Gasteiger partial charge in [0.25, 0.3) is 5.91 Å². The fraction of sp³-hybridized carbons (Fsp3) is 0.333. The van der Waals surface area contributed by atoms with Gasteiger partial charge in [0.05, 0.1) is 0 Å². The third-order valence-electron chi connectivity index (χ3n) is 3.09. The van der Waals surface area contributed by atoms with Crippen molar-refractivity contribution < 1.29 is 18.7 Å². The van der Waals surface area contributed by atoms with E-state index >= 15 is 0 Å². The van der Waals surface area contributed by atoms with Gasteiger partial charge in [0, 0.05) is 10.4 Å². The van der Waals surface area contributed by atoms with Crippen LogP contribution in [-0.2, 0) is 9.53 Å². The SMILES string of the molecule is C[C@H](OC(=O)c1ccc(-c2ccc(F)cc2)s1)C(=O)NC(C)(C)C. The second-order valence-corrected chi connectivity index (χ2v) is 7.54. The van der Waals surface area contributed by atoms with Crippen LogP contribution in [0.1, 0.15) is 37.4 Å². The zero-order chi connectivity index (χ0) is 17.9. The van der Waals surface area contributed by atoms with Gasteiger partial charge in [-0.1, -0.05) is 12.1 Å². The molecule has 1 atom stereocenters. The first kappa shape index (κ1) is 18.1. The lowest BCUT2D eigenvalue weighted by Gasteiger charge is -2.23. The van der Waals surface area contributed by atoms with Crippen LogP contribution in [0.3, 0.4) is 0 Å². The lowest BCUT2D eigenvalue weighted by molar-refractivity contribution is -0.130. The first-order chi connectivity index (χ1) is 11.2. The van der Waals surface area contributed by atoms with E-state index in [4.69, 9.17) is 4.74 Å². The van der Waals surface area contributed by atoms with E-state index in [0.29, 0.717) is 4.88 Å². The van der Waals surface area contributed by atoms with Crippen LogP contribution in [0, 0.1) is 5.82 Å². The Hall–Kier alpha value is -2.21. The molecule has 0 saturated heterocycles. The number of amides is 1. The van der Waals surface area contributed by atoms with E-state index in [1.807, 2.05) is 20.8 Å². The van der Waals surface area contributed by atoms with Gasteiger partial charge in [-0.3, -0.25) is 4.79 Å². The monoisotopic (exact) mass is 349 g/mol. The predicted molar refractivity (Wildman–Crippen MR) is 92.5 cm³/mol. The molecule has 1 aromatic heterocycles. The van der Waals surface area contributed by atoms with Crippen molar-refractivity contribution in [3.8, 4) is 10.4 Å². The lowest BCUT2D eigenvalue weighted by atomic mass is 10.1. The molecule has 0 fully saturated rings. The summed E-state index contributed by atoms with van der Waals surface area (Å²) in [6.07, 6.45) is -0.881. The summed E-state index contributed by atoms with van der Waals surface area (Å²) in [5, 5.41) is 2.76. The number of carbonyl (C=O) groups is 2. The van der Waals surface area contributed by atoms with Crippen molar-refractivity contribution in [2.45, 2.75) is 39.3 Å². The van der Waals surface area contributed by atoms with Crippen LogP contribution >= 0.6 is 11.3 Å². The van der Waals surface area contributed by atoms with Crippen molar-refractivity contribution in [3.63, 3.8) is 0 Å². The summed E-state index contributed by atoms with van der Waals surface area (Å²) in [5.74, 6) is -1.20. The molecule has 4 nitrogen and oxygen atoms in total. The van der Waals surface area contributed by atoms with Crippen molar-refractivity contribution in [3.05, 3.63) is 47.1 Å². The Morgan fingerprint density at radius 1 is 1.12 bits per heavy atom. The minimum atomic E-state index is -0.881. The smallest absolute Gasteiger partial charge is 0.349 e. The van der Waals surface area contributed by atoms with Crippen molar-refractivity contribution >= 4 is 23.2 Å². The van der Waals surface area contributed by atoms with Crippen molar-refractivity contribution in [2.75, 3.05) is 0 Å². The first-order valence-electron chi connectivity index (χ1n) is 7.54. The van der Waals surface area contributed by atoms with Gasteiger partial charge in [-0.2, -0.15) is 0 Å². The van der Waals surface area contributed by atoms with E-state index in [2.05, 4.69) is 5.32 Å². The number of hydrogen-bond acceptors (Lipinski definition) is 4. The summed E-state index contributed by atoms with van der Waals surface area (Å²) >= 11 is 1.24. The van der Waals surface area contributed by atoms with Crippen LogP contribution in [0.2, 0.25) is 0 Å². The van der Waals surface area contributed by atoms with Gasteiger partial charge < -0.3 is 10.1 Å². The van der Waals surface area contributed by atoms with E-state index < -0.39 is 17.6 Å². The maximum atomic E-state index is 13.0. The quantitative estimate of drug-likeness (QED) is 0.849. The average molecular weight is 349 g/mol. The lowest BCUT2D eigenvalue weighted by Crippen LogP contribution is -2.46. The van der Waals surface area contributed by atoms with E-state index in [1.165, 1.54) is 30.4 Å². The van der Waals surface area contributed by atoms with Gasteiger partial charge in [0.15, 0.2) is 6.10 Å². The van der Waals surface area contributed by atoms with Crippen LogP contribution in [-0.4, -0.2) is 23.5 Å². The molecular formula is C18H20FNO3S. The number of ether oxygens (including phenoxy) is 1. The number of halogens is 1. The molecule has 1 aromatic carbocycles. The molecule has 0 aliphatic rings. The molecule has 128 valence electrons. The molecule has 1 amide bonds. The van der Waals surface area contributed by atoms with Gasteiger partial charge in [0.1, 0.15) is 10.7 Å². The molecule has 0 spiro atoms. The van der Waals surface area contributed by atoms with Crippen LogP contribution < -0.4 is 5.32 Å². The summed E-state index contributed by atoms with van der Waals surface area (Å²) in [5.41, 5.74) is 0.426. The molecule has 24 heavy (non-hydrogen) atoms. The molecule has 0 aliphatic heterocycles. The molecule has 0 saturated carbocycles. The summed E-state index contributed by atoms with van der Waals surface area (Å²) in [4.78, 5) is 25.4. The molecule has 0 unspecified atom stereocenters. The van der Waals surface area contributed by atoms with E-state index in [1.54, 1.807) is 24.3 Å². The highest BCUT2D eigenvalue weighted by Crippen LogP contribution is 2.28. The van der Waals surface area contributed by atoms with Crippen molar-refractivity contribution in [2.24, 2.45) is 0 Å². The minimum Gasteiger partial charge on any atom is -0.448 e. The third-order valence-corrected chi connectivity index (χ3v) is 4.20. The molecule has 2 rings (SSSR count). The largest absolute Gasteiger partial charge is 0.448 e. The second kappa shape index (κ2) is 7.13. The Morgan fingerprint density at radius 2 is 1.75 bits per heavy atom. The highest BCUT2D eigenvalue weighted by atomic mass is 32.1. The fourth-order valence-corrected chi connectivity index (χ4v) is 2.85. The maximum Gasteiger partial charge on any atom is 0.349 e. The van der Waals surface area contributed by atoms with Gasteiger partial charge in [-0.15, -0.1) is 11.3 Å². The molecule has 1 N–H and O–H groups in total. The molecule has 0 radical (unpaired) electrons. The van der Waals surface area contributed by atoms with Crippen LogP contribution in [0.4, 0.5) is 4.39 Å². The Labute approximate surface area is 144 Å². The Balaban J connectivity index is 2.03. The van der Waals surface area contributed by atoms with E-state index in [9.17, 15) is 14.0 Å². The second-order valence-electron chi connectivity index (χ2n) is 6.46. The molecule has 6 heteroatoms. The summed E-state index contributed by atoms with van der Waals surface area (Å²) in [6, 6.07) is 9.44. The Kier molecular flexibility index (Phi) is 5.39. The molecule has 1 heterocycles. The minimum absolute atomic E-state index is 0.311. The number of rotatable bonds is 4. The molecule has 2 aromatic rings. The van der Waals surface area contributed by atoms with E-state index in [0.717, 1.165) is 10.4 Å². The zero-order valence-corrected chi connectivity index (χ0v) is 14.9. The van der Waals surface area contributed by atoms with Crippen molar-refractivity contribution in [1.82, 2.24) is 5.32 Å².